The van der Waals surface area contributed by atoms with E-state index in [0.717, 1.165) is 25.9 Å². The van der Waals surface area contributed by atoms with E-state index in [1.165, 1.54) is 31.8 Å². The summed E-state index contributed by atoms with van der Waals surface area (Å²) >= 11 is 0. The number of amides is 1. The van der Waals surface area contributed by atoms with Gasteiger partial charge >= 0.3 is 0 Å². The van der Waals surface area contributed by atoms with Gasteiger partial charge < -0.3 is 9.64 Å². The van der Waals surface area contributed by atoms with E-state index in [1.54, 1.807) is 0 Å². The summed E-state index contributed by atoms with van der Waals surface area (Å²) in [5.41, 5.74) is 0. The van der Waals surface area contributed by atoms with Crippen LogP contribution in [0.15, 0.2) is 12.7 Å². The molecule has 1 saturated carbocycles. The quantitative estimate of drug-likeness (QED) is 0.686. The summed E-state index contributed by atoms with van der Waals surface area (Å²) in [5, 5.41) is 0. The minimum atomic E-state index is 0.0549. The van der Waals surface area contributed by atoms with Crippen LogP contribution in [0.25, 0.3) is 0 Å². The van der Waals surface area contributed by atoms with Crippen molar-refractivity contribution in [1.29, 1.82) is 0 Å². The molecule has 3 heteroatoms. The molecule has 0 aromatic carbocycles. The summed E-state index contributed by atoms with van der Waals surface area (Å²) in [7, 11) is 0. The van der Waals surface area contributed by atoms with Gasteiger partial charge in [0.2, 0.25) is 5.91 Å². The van der Waals surface area contributed by atoms with Crippen molar-refractivity contribution in [2.24, 2.45) is 0 Å². The smallest absolute Gasteiger partial charge is 0.245 e. The van der Waals surface area contributed by atoms with Crippen LogP contribution in [0.3, 0.4) is 0 Å². The van der Waals surface area contributed by atoms with E-state index in [1.807, 2.05) is 4.90 Å². The minimum absolute atomic E-state index is 0.0549. The molecule has 2 rings (SSSR count). The fourth-order valence-corrected chi connectivity index (χ4v) is 2.64. The number of hydrogen-bond donors (Lipinski definition) is 0. The number of carbonyl (C=O) groups is 1. The molecule has 16 heavy (non-hydrogen) atoms. The molecule has 2 aliphatic rings. The summed E-state index contributed by atoms with van der Waals surface area (Å²) in [6, 6.07) is 0. The van der Waals surface area contributed by atoms with Crippen LogP contribution in [-0.4, -0.2) is 36.1 Å². The summed E-state index contributed by atoms with van der Waals surface area (Å²) in [6.45, 7) is 5.16. The first-order valence-electron chi connectivity index (χ1n) is 6.36. The fourth-order valence-electron chi connectivity index (χ4n) is 2.64. The molecule has 0 aromatic heterocycles. The van der Waals surface area contributed by atoms with Gasteiger partial charge in [0.05, 0.1) is 12.2 Å². The molecule has 0 atom stereocenters. The van der Waals surface area contributed by atoms with E-state index in [0.29, 0.717) is 12.2 Å². The highest BCUT2D eigenvalue weighted by atomic mass is 16.5. The summed E-state index contributed by atoms with van der Waals surface area (Å²) in [5.74, 6) is 0.0549. The molecule has 3 nitrogen and oxygen atoms in total. The molecule has 0 spiro atoms. The summed E-state index contributed by atoms with van der Waals surface area (Å²) in [4.78, 5) is 13.2. The van der Waals surface area contributed by atoms with Crippen molar-refractivity contribution >= 4 is 5.91 Å². The van der Waals surface area contributed by atoms with Crippen LogP contribution in [0, 0.1) is 0 Å². The lowest BCUT2D eigenvalue weighted by Crippen LogP contribution is -2.40. The zero-order chi connectivity index (χ0) is 11.4. The molecule has 1 aliphatic heterocycles. The SMILES string of the molecule is C=CC(=O)N1CCC(OC2CCCC2)CC1. The van der Waals surface area contributed by atoms with E-state index >= 15 is 0 Å². The highest BCUT2D eigenvalue weighted by Crippen LogP contribution is 2.25. The van der Waals surface area contributed by atoms with Crippen molar-refractivity contribution in [2.75, 3.05) is 13.1 Å². The molecular formula is C13H21NO2. The maximum Gasteiger partial charge on any atom is 0.245 e. The number of hydrogen-bond acceptors (Lipinski definition) is 2. The molecular weight excluding hydrogens is 202 g/mol. The van der Waals surface area contributed by atoms with Crippen LogP contribution in [0.4, 0.5) is 0 Å². The van der Waals surface area contributed by atoms with E-state index in [9.17, 15) is 4.79 Å². The molecule has 0 unspecified atom stereocenters. The zero-order valence-corrected chi connectivity index (χ0v) is 9.86. The highest BCUT2D eigenvalue weighted by molar-refractivity contribution is 5.87. The molecule has 1 heterocycles. The number of likely N-dealkylation sites (tertiary alicyclic amines) is 1. The molecule has 1 aliphatic carbocycles. The van der Waals surface area contributed by atoms with E-state index in [2.05, 4.69) is 6.58 Å². The second kappa shape index (κ2) is 5.48. The van der Waals surface area contributed by atoms with Gasteiger partial charge in [0, 0.05) is 13.1 Å². The van der Waals surface area contributed by atoms with Gasteiger partial charge in [-0.25, -0.2) is 0 Å². The Balaban J connectivity index is 1.72. The van der Waals surface area contributed by atoms with Gasteiger partial charge in [0.1, 0.15) is 0 Å². The summed E-state index contributed by atoms with van der Waals surface area (Å²) < 4.78 is 6.05. The largest absolute Gasteiger partial charge is 0.375 e. The Hall–Kier alpha value is -0.830. The molecule has 2 fully saturated rings. The van der Waals surface area contributed by atoms with Crippen LogP contribution in [0.1, 0.15) is 38.5 Å². The lowest BCUT2D eigenvalue weighted by molar-refractivity contribution is -0.129. The normalized spacial score (nSPS) is 23.6. The third kappa shape index (κ3) is 2.85. The number of carbonyl (C=O) groups excluding carboxylic acids is 1. The highest BCUT2D eigenvalue weighted by Gasteiger charge is 2.25. The van der Waals surface area contributed by atoms with Gasteiger partial charge in [-0.2, -0.15) is 0 Å². The summed E-state index contributed by atoms with van der Waals surface area (Å²) in [6.07, 6.45) is 9.32. The Bertz CT molecular complexity index is 251. The number of nitrogens with zero attached hydrogens (tertiary/aromatic N) is 1. The Morgan fingerprint density at radius 2 is 1.69 bits per heavy atom. The first-order valence-corrected chi connectivity index (χ1v) is 6.36. The van der Waals surface area contributed by atoms with Crippen molar-refractivity contribution in [1.82, 2.24) is 4.90 Å². The monoisotopic (exact) mass is 223 g/mol. The Labute approximate surface area is 97.5 Å². The minimum Gasteiger partial charge on any atom is -0.375 e. The van der Waals surface area contributed by atoms with Crippen LogP contribution in [0.2, 0.25) is 0 Å². The predicted molar refractivity (Wildman–Crippen MR) is 63.1 cm³/mol. The average Bonchev–Trinajstić information content (AvgIpc) is 2.82. The van der Waals surface area contributed by atoms with E-state index in [4.69, 9.17) is 4.74 Å². The topological polar surface area (TPSA) is 29.5 Å². The second-order valence-corrected chi connectivity index (χ2v) is 4.77. The van der Waals surface area contributed by atoms with Crippen LogP contribution < -0.4 is 0 Å². The molecule has 0 N–H and O–H groups in total. The lowest BCUT2D eigenvalue weighted by atomic mass is 10.1. The number of rotatable bonds is 3. The van der Waals surface area contributed by atoms with Gasteiger partial charge in [-0.15, -0.1) is 0 Å². The van der Waals surface area contributed by atoms with Gasteiger partial charge in [-0.1, -0.05) is 19.4 Å². The van der Waals surface area contributed by atoms with Crippen LogP contribution >= 0.6 is 0 Å². The predicted octanol–water partition coefficient (Wildman–Crippen LogP) is 2.12. The standard InChI is InChI=1S/C13H21NO2/c1-2-13(15)14-9-7-12(8-10-14)16-11-5-3-4-6-11/h2,11-12H,1,3-10H2. The Kier molecular flexibility index (Phi) is 3.99. The average molecular weight is 223 g/mol. The maximum absolute atomic E-state index is 11.4. The Morgan fingerprint density at radius 1 is 1.12 bits per heavy atom. The van der Waals surface area contributed by atoms with Crippen LogP contribution in [-0.2, 0) is 9.53 Å². The third-order valence-electron chi connectivity index (χ3n) is 3.62. The van der Waals surface area contributed by atoms with Crippen molar-refractivity contribution in [3.63, 3.8) is 0 Å². The van der Waals surface area contributed by atoms with Gasteiger partial charge in [0.25, 0.3) is 0 Å². The molecule has 0 aromatic rings. The first-order chi connectivity index (χ1) is 7.79. The first kappa shape index (κ1) is 11.6. The molecule has 1 saturated heterocycles. The van der Waals surface area contributed by atoms with Crippen LogP contribution in [0.5, 0.6) is 0 Å². The molecule has 0 radical (unpaired) electrons. The van der Waals surface area contributed by atoms with Gasteiger partial charge in [0.15, 0.2) is 0 Å². The van der Waals surface area contributed by atoms with E-state index < -0.39 is 0 Å². The molecule has 0 bridgehead atoms. The second-order valence-electron chi connectivity index (χ2n) is 4.77. The van der Waals surface area contributed by atoms with Crippen molar-refractivity contribution in [3.8, 4) is 0 Å². The van der Waals surface area contributed by atoms with E-state index in [-0.39, 0.29) is 5.91 Å². The Morgan fingerprint density at radius 3 is 2.25 bits per heavy atom. The zero-order valence-electron chi connectivity index (χ0n) is 9.86. The van der Waals surface area contributed by atoms with Gasteiger partial charge in [-0.05, 0) is 31.8 Å². The van der Waals surface area contributed by atoms with Crippen molar-refractivity contribution in [3.05, 3.63) is 12.7 Å². The number of piperidine rings is 1. The molecule has 1 amide bonds. The third-order valence-corrected chi connectivity index (χ3v) is 3.62. The fraction of sp³-hybridized carbons (Fsp3) is 0.769. The molecule has 90 valence electrons. The van der Waals surface area contributed by atoms with Crippen molar-refractivity contribution in [2.45, 2.75) is 50.7 Å². The lowest BCUT2D eigenvalue weighted by Gasteiger charge is -2.32. The van der Waals surface area contributed by atoms with Gasteiger partial charge in [-0.3, -0.25) is 4.79 Å². The number of ether oxygens (including phenoxy) is 1. The van der Waals surface area contributed by atoms with Crippen molar-refractivity contribution < 1.29 is 9.53 Å². The maximum atomic E-state index is 11.4.